The summed E-state index contributed by atoms with van der Waals surface area (Å²) >= 11 is 0. The molecule has 1 aliphatic rings. The summed E-state index contributed by atoms with van der Waals surface area (Å²) in [6.07, 6.45) is 0.834. The van der Waals surface area contributed by atoms with E-state index in [0.717, 1.165) is 36.1 Å². The van der Waals surface area contributed by atoms with Gasteiger partial charge in [0.1, 0.15) is 17.5 Å². The lowest BCUT2D eigenvalue weighted by molar-refractivity contribution is 0.186. The van der Waals surface area contributed by atoms with Crippen LogP contribution in [0, 0.1) is 0 Å². The van der Waals surface area contributed by atoms with Crippen molar-refractivity contribution < 1.29 is 9.84 Å². The first kappa shape index (κ1) is 24.8. The standard InChI is InChI=1S/C27H33N7O3/c1-5-27(2,3)34-25(29-30-31-34)24(22-16-18-6-11-21(37-4)17-23(18)28-26(22)36)33-14-12-32(13-15-33)19-7-9-20(35)10-8-19/h6-11,16-17,24,35H,5,12-15H2,1-4H3,(H,28,36). The van der Waals surface area contributed by atoms with Crippen molar-refractivity contribution in [3.8, 4) is 11.5 Å². The summed E-state index contributed by atoms with van der Waals surface area (Å²) in [6.45, 7) is 9.27. The number of fused-ring (bicyclic) bond motifs is 1. The smallest absolute Gasteiger partial charge is 0.253 e. The first-order chi connectivity index (χ1) is 17.8. The van der Waals surface area contributed by atoms with Gasteiger partial charge in [-0.3, -0.25) is 9.69 Å². The molecule has 1 unspecified atom stereocenters. The van der Waals surface area contributed by atoms with Crippen molar-refractivity contribution in [1.29, 1.82) is 0 Å². The molecule has 0 saturated carbocycles. The lowest BCUT2D eigenvalue weighted by Gasteiger charge is -2.40. The van der Waals surface area contributed by atoms with Gasteiger partial charge in [-0.1, -0.05) is 6.92 Å². The molecule has 0 amide bonds. The third-order valence-corrected chi connectivity index (χ3v) is 7.45. The second-order valence-electron chi connectivity index (χ2n) is 10.1. The number of ether oxygens (including phenoxy) is 1. The summed E-state index contributed by atoms with van der Waals surface area (Å²) in [5, 5.41) is 23.4. The number of rotatable bonds is 7. The largest absolute Gasteiger partial charge is 0.508 e. The molecule has 1 saturated heterocycles. The van der Waals surface area contributed by atoms with Crippen molar-refractivity contribution in [3.63, 3.8) is 0 Å². The highest BCUT2D eigenvalue weighted by Crippen LogP contribution is 2.32. The number of hydrogen-bond acceptors (Lipinski definition) is 8. The van der Waals surface area contributed by atoms with Gasteiger partial charge in [0, 0.05) is 43.5 Å². The van der Waals surface area contributed by atoms with Crippen molar-refractivity contribution in [2.75, 3.05) is 38.2 Å². The average Bonchev–Trinajstić information content (AvgIpc) is 3.40. The van der Waals surface area contributed by atoms with Crippen LogP contribution in [0.25, 0.3) is 10.9 Å². The Morgan fingerprint density at radius 2 is 1.81 bits per heavy atom. The number of hydrogen-bond donors (Lipinski definition) is 2. The van der Waals surface area contributed by atoms with Gasteiger partial charge in [0.05, 0.1) is 18.2 Å². The van der Waals surface area contributed by atoms with Crippen LogP contribution >= 0.6 is 0 Å². The van der Waals surface area contributed by atoms with Crippen LogP contribution in [-0.4, -0.2) is 68.5 Å². The molecule has 0 bridgehead atoms. The zero-order valence-corrected chi connectivity index (χ0v) is 21.7. The topological polar surface area (TPSA) is 112 Å². The van der Waals surface area contributed by atoms with Gasteiger partial charge in [-0.05, 0) is 78.5 Å². The summed E-state index contributed by atoms with van der Waals surface area (Å²) in [4.78, 5) is 21.1. The molecule has 2 aromatic carbocycles. The van der Waals surface area contributed by atoms with Crippen LogP contribution in [0.1, 0.15) is 44.6 Å². The molecule has 0 radical (unpaired) electrons. The van der Waals surface area contributed by atoms with Crippen molar-refractivity contribution in [3.05, 3.63) is 70.3 Å². The lowest BCUT2D eigenvalue weighted by atomic mass is 9.99. The van der Waals surface area contributed by atoms with E-state index in [1.807, 2.05) is 41.1 Å². The highest BCUT2D eigenvalue weighted by Gasteiger charge is 2.35. The lowest BCUT2D eigenvalue weighted by Crippen LogP contribution is -2.49. The molecule has 2 aromatic heterocycles. The number of phenolic OH excluding ortho intramolecular Hbond substituents is 1. The zero-order chi connectivity index (χ0) is 26.2. The molecule has 10 nitrogen and oxygen atoms in total. The maximum Gasteiger partial charge on any atom is 0.253 e. The Kier molecular flexibility index (Phi) is 6.59. The van der Waals surface area contributed by atoms with Crippen LogP contribution in [0.4, 0.5) is 5.69 Å². The normalized spacial score (nSPS) is 15.7. The molecule has 5 rings (SSSR count). The van der Waals surface area contributed by atoms with E-state index in [9.17, 15) is 9.90 Å². The summed E-state index contributed by atoms with van der Waals surface area (Å²) in [6, 6.07) is 14.5. The molecule has 0 spiro atoms. The van der Waals surface area contributed by atoms with E-state index in [1.54, 1.807) is 19.2 Å². The fourth-order valence-electron chi connectivity index (χ4n) is 4.87. The predicted octanol–water partition coefficient (Wildman–Crippen LogP) is 3.29. The maximum atomic E-state index is 13.5. The second kappa shape index (κ2) is 9.85. The molecule has 10 heteroatoms. The van der Waals surface area contributed by atoms with Crippen molar-refractivity contribution in [2.24, 2.45) is 0 Å². The van der Waals surface area contributed by atoms with Crippen molar-refractivity contribution in [1.82, 2.24) is 30.1 Å². The number of phenols is 1. The van der Waals surface area contributed by atoms with E-state index in [0.29, 0.717) is 30.2 Å². The molecule has 4 aromatic rings. The fraction of sp³-hybridized carbons (Fsp3) is 0.407. The predicted molar refractivity (Wildman–Crippen MR) is 142 cm³/mol. The molecular formula is C27H33N7O3. The number of aromatic nitrogens is 5. The average molecular weight is 504 g/mol. The summed E-state index contributed by atoms with van der Waals surface area (Å²) in [5.74, 6) is 1.59. The number of nitrogens with one attached hydrogen (secondary N) is 1. The van der Waals surface area contributed by atoms with E-state index in [1.165, 1.54) is 0 Å². The Balaban J connectivity index is 1.55. The minimum absolute atomic E-state index is 0.171. The summed E-state index contributed by atoms with van der Waals surface area (Å²) in [5.41, 5.74) is 1.90. The highest BCUT2D eigenvalue weighted by atomic mass is 16.5. The van der Waals surface area contributed by atoms with Crippen LogP contribution in [0.3, 0.4) is 0 Å². The Bertz CT molecular complexity index is 1440. The number of aromatic amines is 1. The number of piperazine rings is 1. The SMILES string of the molecule is CCC(C)(C)n1nnnc1C(c1cc2ccc(OC)cc2[nH]c1=O)N1CCN(c2ccc(O)cc2)CC1. The van der Waals surface area contributed by atoms with Crippen LogP contribution in [-0.2, 0) is 5.54 Å². The fourth-order valence-corrected chi connectivity index (χ4v) is 4.87. The summed E-state index contributed by atoms with van der Waals surface area (Å²) in [7, 11) is 1.61. The highest BCUT2D eigenvalue weighted by molar-refractivity contribution is 5.80. The molecule has 1 fully saturated rings. The van der Waals surface area contributed by atoms with Gasteiger partial charge < -0.3 is 19.7 Å². The van der Waals surface area contributed by atoms with E-state index in [4.69, 9.17) is 4.74 Å². The van der Waals surface area contributed by atoms with Crippen LogP contribution in [0.15, 0.2) is 53.3 Å². The first-order valence-corrected chi connectivity index (χ1v) is 12.6. The number of tetrazole rings is 1. The number of benzene rings is 2. The Hall–Kier alpha value is -3.92. The van der Waals surface area contributed by atoms with E-state index in [-0.39, 0.29) is 16.8 Å². The van der Waals surface area contributed by atoms with E-state index >= 15 is 0 Å². The maximum absolute atomic E-state index is 13.5. The number of aromatic hydroxyl groups is 1. The molecule has 194 valence electrons. The van der Waals surface area contributed by atoms with Gasteiger partial charge in [0.25, 0.3) is 5.56 Å². The van der Waals surface area contributed by atoms with E-state index < -0.39 is 6.04 Å². The summed E-state index contributed by atoms with van der Waals surface area (Å²) < 4.78 is 7.20. The Morgan fingerprint density at radius 3 is 2.49 bits per heavy atom. The van der Waals surface area contributed by atoms with Gasteiger partial charge >= 0.3 is 0 Å². The number of pyridine rings is 1. The Labute approximate surface area is 215 Å². The molecule has 2 N–H and O–H groups in total. The molecular weight excluding hydrogens is 470 g/mol. The van der Waals surface area contributed by atoms with Gasteiger partial charge in [0.2, 0.25) is 0 Å². The second-order valence-corrected chi connectivity index (χ2v) is 10.1. The van der Waals surface area contributed by atoms with Crippen molar-refractivity contribution >= 4 is 16.6 Å². The van der Waals surface area contributed by atoms with Crippen LogP contribution in [0.5, 0.6) is 11.5 Å². The van der Waals surface area contributed by atoms with Gasteiger partial charge in [-0.2, -0.15) is 0 Å². The van der Waals surface area contributed by atoms with Gasteiger partial charge in [-0.15, -0.1) is 5.10 Å². The van der Waals surface area contributed by atoms with Crippen LogP contribution < -0.4 is 15.2 Å². The minimum Gasteiger partial charge on any atom is -0.508 e. The number of H-pyrrole nitrogens is 1. The zero-order valence-electron chi connectivity index (χ0n) is 21.7. The van der Waals surface area contributed by atoms with Gasteiger partial charge in [0.15, 0.2) is 5.82 Å². The van der Waals surface area contributed by atoms with Crippen LogP contribution in [0.2, 0.25) is 0 Å². The van der Waals surface area contributed by atoms with Gasteiger partial charge in [-0.25, -0.2) is 4.68 Å². The van der Waals surface area contributed by atoms with E-state index in [2.05, 4.69) is 51.1 Å². The number of anilines is 1. The number of nitrogens with zero attached hydrogens (tertiary/aromatic N) is 6. The molecule has 1 atom stereocenters. The molecule has 0 aliphatic carbocycles. The Morgan fingerprint density at radius 1 is 1.08 bits per heavy atom. The molecule has 3 heterocycles. The van der Waals surface area contributed by atoms with Crippen molar-refractivity contribution in [2.45, 2.75) is 38.8 Å². The number of methoxy groups -OCH3 is 1. The monoisotopic (exact) mass is 503 g/mol. The minimum atomic E-state index is -0.418. The third-order valence-electron chi connectivity index (χ3n) is 7.45. The third kappa shape index (κ3) is 4.76. The molecule has 37 heavy (non-hydrogen) atoms. The first-order valence-electron chi connectivity index (χ1n) is 12.6. The molecule has 1 aliphatic heterocycles. The quantitative estimate of drug-likeness (QED) is 0.395.